The molecule has 1 aromatic carbocycles. The Hall–Kier alpha value is -0.950. The van der Waals surface area contributed by atoms with E-state index in [4.69, 9.17) is 8.92 Å². The summed E-state index contributed by atoms with van der Waals surface area (Å²) in [6, 6.07) is 6.69. The Kier molecular flexibility index (Phi) is 4.82. The summed E-state index contributed by atoms with van der Waals surface area (Å²) < 4.78 is 35.1. The minimum absolute atomic E-state index is 0.0807. The van der Waals surface area contributed by atoms with Gasteiger partial charge in [0.25, 0.3) is 10.1 Å². The molecule has 122 valence electrons. The number of morpholine rings is 1. The van der Waals surface area contributed by atoms with Gasteiger partial charge in [0.2, 0.25) is 0 Å². The lowest BCUT2D eigenvalue weighted by atomic mass is 10.2. The average Bonchev–Trinajstić information content (AvgIpc) is 3.30. The van der Waals surface area contributed by atoms with Crippen LogP contribution in [0, 0.1) is 12.8 Å². The summed E-state index contributed by atoms with van der Waals surface area (Å²) in [6.45, 7) is 5.42. The van der Waals surface area contributed by atoms with Gasteiger partial charge in [0, 0.05) is 19.6 Å². The van der Waals surface area contributed by atoms with E-state index in [2.05, 4.69) is 4.90 Å². The van der Waals surface area contributed by atoms with Crippen molar-refractivity contribution in [2.75, 3.05) is 32.8 Å². The van der Waals surface area contributed by atoms with Crippen LogP contribution in [0.15, 0.2) is 29.2 Å². The zero-order valence-corrected chi connectivity index (χ0v) is 13.7. The predicted molar refractivity (Wildman–Crippen MR) is 83.2 cm³/mol. The van der Waals surface area contributed by atoms with Gasteiger partial charge in [-0.25, -0.2) is 0 Å². The highest BCUT2D eigenvalue weighted by Gasteiger charge is 2.29. The number of rotatable bonds is 6. The van der Waals surface area contributed by atoms with Crippen molar-refractivity contribution in [3.63, 3.8) is 0 Å². The highest BCUT2D eigenvalue weighted by molar-refractivity contribution is 7.86. The van der Waals surface area contributed by atoms with Crippen LogP contribution in [0.5, 0.6) is 0 Å². The highest BCUT2D eigenvalue weighted by Crippen LogP contribution is 2.30. The summed E-state index contributed by atoms with van der Waals surface area (Å²) in [5, 5.41) is 0. The zero-order valence-electron chi connectivity index (χ0n) is 12.9. The molecule has 0 bridgehead atoms. The van der Waals surface area contributed by atoms with E-state index in [1.54, 1.807) is 24.3 Å². The van der Waals surface area contributed by atoms with E-state index in [9.17, 15) is 8.42 Å². The number of benzene rings is 1. The average molecular weight is 325 g/mol. The van der Waals surface area contributed by atoms with Crippen LogP contribution in [-0.2, 0) is 19.0 Å². The second kappa shape index (κ2) is 6.66. The second-order valence-electron chi connectivity index (χ2n) is 6.25. The molecule has 1 heterocycles. The third kappa shape index (κ3) is 4.29. The maximum atomic E-state index is 12.2. The molecule has 1 aliphatic carbocycles. The largest absolute Gasteiger partial charge is 0.373 e. The monoisotopic (exact) mass is 325 g/mol. The fraction of sp³-hybridized carbons (Fsp3) is 0.625. The van der Waals surface area contributed by atoms with E-state index >= 15 is 0 Å². The minimum Gasteiger partial charge on any atom is -0.373 e. The molecule has 0 amide bonds. The Morgan fingerprint density at radius 2 is 2.00 bits per heavy atom. The molecule has 1 aliphatic heterocycles. The van der Waals surface area contributed by atoms with Gasteiger partial charge < -0.3 is 4.74 Å². The summed E-state index contributed by atoms with van der Waals surface area (Å²) in [7, 11) is -3.70. The molecule has 0 spiro atoms. The molecular formula is C16H23NO4S. The van der Waals surface area contributed by atoms with Gasteiger partial charge in [0.15, 0.2) is 0 Å². The predicted octanol–water partition coefficient (Wildman–Crippen LogP) is 1.81. The van der Waals surface area contributed by atoms with E-state index in [-0.39, 0.29) is 17.6 Å². The van der Waals surface area contributed by atoms with Gasteiger partial charge in [-0.05, 0) is 37.8 Å². The fourth-order valence-corrected chi connectivity index (χ4v) is 3.59. The van der Waals surface area contributed by atoms with Crippen molar-refractivity contribution >= 4 is 10.1 Å². The van der Waals surface area contributed by atoms with Gasteiger partial charge >= 0.3 is 0 Å². The first-order valence-corrected chi connectivity index (χ1v) is 9.24. The molecule has 0 unspecified atom stereocenters. The van der Waals surface area contributed by atoms with Crippen molar-refractivity contribution in [1.29, 1.82) is 0 Å². The van der Waals surface area contributed by atoms with E-state index in [1.807, 2.05) is 6.92 Å². The first-order chi connectivity index (χ1) is 10.5. The summed E-state index contributed by atoms with van der Waals surface area (Å²) in [5.41, 5.74) is 1.02. The lowest BCUT2D eigenvalue weighted by Gasteiger charge is -2.32. The minimum atomic E-state index is -3.70. The van der Waals surface area contributed by atoms with Crippen LogP contribution in [-0.4, -0.2) is 52.3 Å². The Balaban J connectivity index is 1.53. The number of aryl methyl sites for hydroxylation is 1. The van der Waals surface area contributed by atoms with Crippen LogP contribution in [0.2, 0.25) is 0 Å². The molecule has 1 atom stereocenters. The van der Waals surface area contributed by atoms with Gasteiger partial charge in [-0.15, -0.1) is 0 Å². The van der Waals surface area contributed by atoms with Crippen molar-refractivity contribution in [3.8, 4) is 0 Å². The van der Waals surface area contributed by atoms with Gasteiger partial charge in [-0.3, -0.25) is 9.08 Å². The molecule has 5 nitrogen and oxygen atoms in total. The summed E-state index contributed by atoms with van der Waals surface area (Å²) in [6.07, 6.45) is 2.47. The van der Waals surface area contributed by atoms with Gasteiger partial charge in [-0.1, -0.05) is 17.7 Å². The van der Waals surface area contributed by atoms with Crippen molar-refractivity contribution in [3.05, 3.63) is 29.8 Å². The number of hydrogen-bond acceptors (Lipinski definition) is 5. The maximum absolute atomic E-state index is 12.2. The van der Waals surface area contributed by atoms with Crippen LogP contribution in [0.1, 0.15) is 18.4 Å². The molecule has 3 rings (SSSR count). The summed E-state index contributed by atoms with van der Waals surface area (Å²) in [5.74, 6) is 0.830. The third-order valence-electron chi connectivity index (χ3n) is 4.15. The molecule has 22 heavy (non-hydrogen) atoms. The molecule has 1 aromatic rings. The van der Waals surface area contributed by atoms with Crippen molar-refractivity contribution in [1.82, 2.24) is 4.90 Å². The molecular weight excluding hydrogens is 302 g/mol. The molecule has 0 aromatic heterocycles. The molecule has 1 saturated carbocycles. The highest BCUT2D eigenvalue weighted by atomic mass is 32.2. The van der Waals surface area contributed by atoms with Crippen LogP contribution < -0.4 is 0 Å². The van der Waals surface area contributed by atoms with Crippen LogP contribution >= 0.6 is 0 Å². The Labute approximate surface area is 132 Å². The van der Waals surface area contributed by atoms with Crippen LogP contribution in [0.4, 0.5) is 0 Å². The molecule has 0 N–H and O–H groups in total. The number of ether oxygens (including phenoxy) is 1. The first-order valence-electron chi connectivity index (χ1n) is 7.83. The maximum Gasteiger partial charge on any atom is 0.297 e. The van der Waals surface area contributed by atoms with Crippen molar-refractivity contribution in [2.45, 2.75) is 30.8 Å². The molecule has 1 saturated heterocycles. The van der Waals surface area contributed by atoms with Crippen molar-refractivity contribution < 1.29 is 17.3 Å². The Bertz CT molecular complexity index is 595. The fourth-order valence-electron chi connectivity index (χ4n) is 2.65. The van der Waals surface area contributed by atoms with Crippen molar-refractivity contribution in [2.24, 2.45) is 5.92 Å². The first kappa shape index (κ1) is 15.9. The van der Waals surface area contributed by atoms with Gasteiger partial charge in [-0.2, -0.15) is 8.42 Å². The molecule has 6 heteroatoms. The van der Waals surface area contributed by atoms with E-state index in [0.29, 0.717) is 6.61 Å². The van der Waals surface area contributed by atoms with Crippen LogP contribution in [0.25, 0.3) is 0 Å². The SMILES string of the molecule is Cc1ccc(S(=O)(=O)OC[C@H]2CN(CC3CC3)CCO2)cc1. The summed E-state index contributed by atoms with van der Waals surface area (Å²) in [4.78, 5) is 2.55. The molecule has 2 fully saturated rings. The van der Waals surface area contributed by atoms with E-state index in [1.165, 1.54) is 12.8 Å². The van der Waals surface area contributed by atoms with Gasteiger partial charge in [0.05, 0.1) is 24.2 Å². The quantitative estimate of drug-likeness (QED) is 0.747. The Morgan fingerprint density at radius 3 is 2.68 bits per heavy atom. The molecule has 0 radical (unpaired) electrons. The topological polar surface area (TPSA) is 55.8 Å². The lowest BCUT2D eigenvalue weighted by molar-refractivity contribution is -0.0480. The number of nitrogens with zero attached hydrogens (tertiary/aromatic N) is 1. The third-order valence-corrected chi connectivity index (χ3v) is 5.45. The Morgan fingerprint density at radius 1 is 1.27 bits per heavy atom. The van der Waals surface area contributed by atoms with Gasteiger partial charge in [0.1, 0.15) is 0 Å². The van der Waals surface area contributed by atoms with Crippen LogP contribution in [0.3, 0.4) is 0 Å². The lowest BCUT2D eigenvalue weighted by Crippen LogP contribution is -2.45. The molecule has 2 aliphatic rings. The standard InChI is InChI=1S/C16H23NO4S/c1-13-2-6-16(7-3-13)22(18,19)21-12-15-11-17(8-9-20-15)10-14-4-5-14/h2-3,6-7,14-15H,4-5,8-12H2,1H3/t15-/m1/s1. The normalized spacial score (nSPS) is 23.6. The van der Waals surface area contributed by atoms with E-state index in [0.717, 1.165) is 31.1 Å². The number of hydrogen-bond donors (Lipinski definition) is 0. The smallest absolute Gasteiger partial charge is 0.297 e. The zero-order chi connectivity index (χ0) is 15.6. The van der Waals surface area contributed by atoms with E-state index < -0.39 is 10.1 Å². The second-order valence-corrected chi connectivity index (χ2v) is 7.86. The summed E-state index contributed by atoms with van der Waals surface area (Å²) >= 11 is 0.